The predicted octanol–water partition coefficient (Wildman–Crippen LogP) is 2.93. The molecular formula is C14H9ClN4O. The highest BCUT2D eigenvalue weighted by molar-refractivity contribution is 6.35. The zero-order valence-electron chi connectivity index (χ0n) is 10.2. The number of hydrogen-bond donors (Lipinski definition) is 1. The highest BCUT2D eigenvalue weighted by Crippen LogP contribution is 2.24. The largest absolute Gasteiger partial charge is 0.290 e. The third-order valence-electron chi connectivity index (χ3n) is 2.78. The number of aromatic nitrogens is 3. The maximum atomic E-state index is 12.3. The van der Waals surface area contributed by atoms with Crippen LogP contribution in [0.2, 0.25) is 5.15 Å². The molecule has 0 spiro atoms. The van der Waals surface area contributed by atoms with Gasteiger partial charge in [-0.05, 0) is 11.5 Å². The number of nitrogens with zero attached hydrogens (tertiary/aromatic N) is 3. The van der Waals surface area contributed by atoms with Gasteiger partial charge in [0.15, 0.2) is 0 Å². The van der Waals surface area contributed by atoms with E-state index in [-0.39, 0.29) is 11.9 Å². The Morgan fingerprint density at radius 2 is 1.70 bits per heavy atom. The molecule has 98 valence electrons. The summed E-state index contributed by atoms with van der Waals surface area (Å²) in [5.74, 6) is -0.0758. The van der Waals surface area contributed by atoms with Crippen LogP contribution in [0, 0.1) is 0 Å². The number of carbonyl (C=O) groups is 1. The Bertz CT molecular complexity index is 776. The van der Waals surface area contributed by atoms with Crippen molar-refractivity contribution in [2.24, 2.45) is 0 Å². The number of benzene rings is 1. The van der Waals surface area contributed by atoms with E-state index in [2.05, 4.69) is 20.3 Å². The standard InChI is InChI=1S/C14H9ClN4O/c15-12-10-5-2-1-4-9(10)11(8-18-12)13(20)19-14-16-6-3-7-17-14/h1-8H,(H,16,17,19,20). The van der Waals surface area contributed by atoms with Gasteiger partial charge in [0.1, 0.15) is 5.15 Å². The molecule has 0 unspecified atom stereocenters. The molecule has 5 nitrogen and oxygen atoms in total. The molecule has 3 rings (SSSR count). The molecule has 0 aliphatic heterocycles. The first-order valence-corrected chi connectivity index (χ1v) is 6.25. The van der Waals surface area contributed by atoms with Gasteiger partial charge in [-0.3, -0.25) is 10.1 Å². The van der Waals surface area contributed by atoms with Gasteiger partial charge in [0.25, 0.3) is 5.91 Å². The zero-order valence-corrected chi connectivity index (χ0v) is 11.0. The van der Waals surface area contributed by atoms with E-state index >= 15 is 0 Å². The maximum Gasteiger partial charge on any atom is 0.260 e. The van der Waals surface area contributed by atoms with E-state index in [1.54, 1.807) is 18.5 Å². The van der Waals surface area contributed by atoms with Gasteiger partial charge in [0, 0.05) is 24.0 Å². The van der Waals surface area contributed by atoms with Crippen molar-refractivity contribution in [2.45, 2.75) is 0 Å². The molecule has 2 aromatic heterocycles. The summed E-state index contributed by atoms with van der Waals surface area (Å²) in [5.41, 5.74) is 0.428. The van der Waals surface area contributed by atoms with Crippen LogP contribution >= 0.6 is 11.6 Å². The lowest BCUT2D eigenvalue weighted by molar-refractivity contribution is 0.102. The Morgan fingerprint density at radius 3 is 2.45 bits per heavy atom. The first kappa shape index (κ1) is 12.5. The predicted molar refractivity (Wildman–Crippen MR) is 76.7 cm³/mol. The molecule has 0 aliphatic rings. The van der Waals surface area contributed by atoms with E-state index in [0.29, 0.717) is 10.7 Å². The fraction of sp³-hybridized carbons (Fsp3) is 0. The Balaban J connectivity index is 2.02. The first-order valence-electron chi connectivity index (χ1n) is 5.87. The molecule has 1 aromatic carbocycles. The van der Waals surface area contributed by atoms with Crippen LogP contribution in [0.15, 0.2) is 48.9 Å². The van der Waals surface area contributed by atoms with Crippen molar-refractivity contribution in [2.75, 3.05) is 5.32 Å². The van der Waals surface area contributed by atoms with Crippen LogP contribution in [0.3, 0.4) is 0 Å². The van der Waals surface area contributed by atoms with E-state index in [0.717, 1.165) is 10.8 Å². The number of hydrogen-bond acceptors (Lipinski definition) is 4. The first-order chi connectivity index (χ1) is 9.75. The van der Waals surface area contributed by atoms with Gasteiger partial charge in [0.2, 0.25) is 5.95 Å². The second-order valence-corrected chi connectivity index (χ2v) is 4.39. The summed E-state index contributed by atoms with van der Waals surface area (Å²) in [4.78, 5) is 24.2. The molecule has 0 saturated heterocycles. The lowest BCUT2D eigenvalue weighted by Gasteiger charge is -2.07. The van der Waals surface area contributed by atoms with Crippen molar-refractivity contribution in [3.8, 4) is 0 Å². The van der Waals surface area contributed by atoms with Crippen LogP contribution in [0.4, 0.5) is 5.95 Å². The highest BCUT2D eigenvalue weighted by Gasteiger charge is 2.13. The summed E-state index contributed by atoms with van der Waals surface area (Å²) < 4.78 is 0. The lowest BCUT2D eigenvalue weighted by Crippen LogP contribution is -2.14. The summed E-state index contributed by atoms with van der Waals surface area (Å²) in [6, 6.07) is 9.01. The average Bonchev–Trinajstić information content (AvgIpc) is 2.49. The highest BCUT2D eigenvalue weighted by atomic mass is 35.5. The van der Waals surface area contributed by atoms with E-state index in [1.165, 1.54) is 6.20 Å². The topological polar surface area (TPSA) is 67.8 Å². The van der Waals surface area contributed by atoms with Crippen molar-refractivity contribution in [3.63, 3.8) is 0 Å². The van der Waals surface area contributed by atoms with Crippen LogP contribution in [0.5, 0.6) is 0 Å². The molecule has 0 radical (unpaired) electrons. The number of carbonyl (C=O) groups excluding carboxylic acids is 1. The summed E-state index contributed by atoms with van der Waals surface area (Å²) >= 11 is 6.03. The molecule has 1 amide bonds. The van der Waals surface area contributed by atoms with E-state index < -0.39 is 0 Å². The van der Waals surface area contributed by atoms with Crippen molar-refractivity contribution >= 4 is 34.2 Å². The van der Waals surface area contributed by atoms with Gasteiger partial charge in [-0.15, -0.1) is 0 Å². The van der Waals surface area contributed by atoms with Crippen LogP contribution in [-0.4, -0.2) is 20.9 Å². The fourth-order valence-corrected chi connectivity index (χ4v) is 2.09. The van der Waals surface area contributed by atoms with Crippen LogP contribution in [-0.2, 0) is 0 Å². The van der Waals surface area contributed by atoms with Crippen LogP contribution in [0.25, 0.3) is 10.8 Å². The number of rotatable bonds is 2. The Morgan fingerprint density at radius 1 is 1.00 bits per heavy atom. The van der Waals surface area contributed by atoms with Crippen molar-refractivity contribution in [1.82, 2.24) is 15.0 Å². The Hall–Kier alpha value is -2.53. The normalized spacial score (nSPS) is 10.4. The third-order valence-corrected chi connectivity index (χ3v) is 3.08. The summed E-state index contributed by atoms with van der Waals surface area (Å²) in [6.07, 6.45) is 4.56. The molecule has 0 bridgehead atoms. The quantitative estimate of drug-likeness (QED) is 0.735. The minimum absolute atomic E-state index is 0.247. The summed E-state index contributed by atoms with van der Waals surface area (Å²) in [7, 11) is 0. The maximum absolute atomic E-state index is 12.3. The molecule has 0 fully saturated rings. The van der Waals surface area contributed by atoms with Gasteiger partial charge < -0.3 is 0 Å². The number of anilines is 1. The third kappa shape index (κ3) is 2.31. The van der Waals surface area contributed by atoms with Gasteiger partial charge in [-0.1, -0.05) is 35.9 Å². The fourth-order valence-electron chi connectivity index (χ4n) is 1.87. The number of nitrogens with one attached hydrogen (secondary N) is 1. The summed E-state index contributed by atoms with van der Waals surface area (Å²) in [5, 5.41) is 4.46. The molecule has 1 N–H and O–H groups in total. The minimum atomic E-state index is -0.323. The van der Waals surface area contributed by atoms with Gasteiger partial charge in [-0.2, -0.15) is 0 Å². The SMILES string of the molecule is O=C(Nc1ncccn1)c1cnc(Cl)c2ccccc12. The monoisotopic (exact) mass is 284 g/mol. The lowest BCUT2D eigenvalue weighted by atomic mass is 10.1. The zero-order chi connectivity index (χ0) is 13.9. The second-order valence-electron chi connectivity index (χ2n) is 4.03. The molecule has 6 heteroatoms. The van der Waals surface area contributed by atoms with E-state index in [9.17, 15) is 4.79 Å². The van der Waals surface area contributed by atoms with E-state index in [1.807, 2.05) is 24.3 Å². The number of pyridine rings is 1. The number of halogens is 1. The van der Waals surface area contributed by atoms with Gasteiger partial charge >= 0.3 is 0 Å². The number of fused-ring (bicyclic) bond motifs is 1. The van der Waals surface area contributed by atoms with Gasteiger partial charge in [0.05, 0.1) is 5.56 Å². The minimum Gasteiger partial charge on any atom is -0.290 e. The van der Waals surface area contributed by atoms with Gasteiger partial charge in [-0.25, -0.2) is 15.0 Å². The molecule has 3 aromatic rings. The molecule has 0 atom stereocenters. The Labute approximate surface area is 119 Å². The van der Waals surface area contributed by atoms with Crippen molar-refractivity contribution < 1.29 is 4.79 Å². The molecule has 0 saturated carbocycles. The summed E-state index contributed by atoms with van der Waals surface area (Å²) in [6.45, 7) is 0. The molecular weight excluding hydrogens is 276 g/mol. The average molecular weight is 285 g/mol. The smallest absolute Gasteiger partial charge is 0.260 e. The van der Waals surface area contributed by atoms with Crippen LogP contribution in [0.1, 0.15) is 10.4 Å². The van der Waals surface area contributed by atoms with E-state index in [4.69, 9.17) is 11.6 Å². The Kier molecular flexibility index (Phi) is 3.26. The van der Waals surface area contributed by atoms with Crippen LogP contribution < -0.4 is 5.32 Å². The van der Waals surface area contributed by atoms with Crippen molar-refractivity contribution in [3.05, 3.63) is 59.6 Å². The molecule has 20 heavy (non-hydrogen) atoms. The number of amides is 1. The molecule has 2 heterocycles. The molecule has 0 aliphatic carbocycles. The second kappa shape index (κ2) is 5.22. The van der Waals surface area contributed by atoms with Crippen molar-refractivity contribution in [1.29, 1.82) is 0 Å².